The van der Waals surface area contributed by atoms with Crippen LogP contribution in [-0.2, 0) is 23.8 Å². The average Bonchev–Trinajstić information content (AvgIpc) is 3.47. The van der Waals surface area contributed by atoms with Crippen molar-refractivity contribution >= 4 is 29.3 Å². The number of nitrogens with one attached hydrogen (secondary N) is 1. The normalized spacial score (nSPS) is 41.7. The van der Waals surface area contributed by atoms with Gasteiger partial charge in [-0.15, -0.1) is 0 Å². The fourth-order valence-electron chi connectivity index (χ4n) is 12.1. The molecule has 1 saturated carbocycles. The van der Waals surface area contributed by atoms with Crippen LogP contribution in [0.25, 0.3) is 0 Å². The van der Waals surface area contributed by atoms with E-state index in [9.17, 15) is 30.0 Å². The Balaban J connectivity index is 1.29. The Morgan fingerprint density at radius 1 is 1.05 bits per heavy atom. The quantitative estimate of drug-likeness (QED) is 0.0997. The van der Waals surface area contributed by atoms with Crippen LogP contribution >= 0.6 is 11.6 Å². The highest BCUT2D eigenvalue weighted by Crippen LogP contribution is 2.60. The van der Waals surface area contributed by atoms with Gasteiger partial charge in [-0.2, -0.15) is 0 Å². The number of halogens is 1. The van der Waals surface area contributed by atoms with Crippen LogP contribution in [0.5, 0.6) is 5.75 Å². The number of likely N-dealkylation sites (N-methyl/N-ethyl adjacent to an activating group) is 1. The predicted octanol–water partition coefficient (Wildman–Crippen LogP) is 7.44. The summed E-state index contributed by atoms with van der Waals surface area (Å²) in [6, 6.07) is 2.25. The van der Waals surface area contributed by atoms with E-state index in [1.807, 2.05) is 84.0 Å². The van der Waals surface area contributed by atoms with Crippen molar-refractivity contribution in [1.82, 2.24) is 10.2 Å². The van der Waals surface area contributed by atoms with Crippen LogP contribution in [-0.4, -0.2) is 105 Å². The SMILES string of the molecule is CCCC1C=C[C@H]2/C=C(\C)[C@H](O[C@H]3C[C@@H](N(C)C)[C@@H](NC(=O)c4c(O)ccc(Cl)c4C)[C@@H](C)O3)C/C=C/[C@@H]3C(CC)=C[C@@H]4[C@@H](O)[C@@H](O)C[C@H](C)[C@H]4[C@]3(C)/C(O)=C3\C(=O)OC2(C1)C3=O. The fourth-order valence-corrected chi connectivity index (χ4v) is 12.3. The third-order valence-electron chi connectivity index (χ3n) is 15.4. The second kappa shape index (κ2) is 18.2. The molecule has 12 nitrogen and oxygen atoms in total. The number of Topliss-reactive ketones (excluding diaryl/α,β-unsaturated/α-hetero) is 1. The first-order chi connectivity index (χ1) is 29.8. The largest absolute Gasteiger partial charge is 0.511 e. The number of allylic oxidation sites excluding steroid dienone is 4. The lowest BCUT2D eigenvalue weighted by Gasteiger charge is -2.56. The maximum atomic E-state index is 15.2. The van der Waals surface area contributed by atoms with Crippen LogP contribution in [0, 0.1) is 47.8 Å². The molecule has 0 radical (unpaired) electrons. The average molecular weight is 892 g/mol. The molecule has 3 fully saturated rings. The van der Waals surface area contributed by atoms with Crippen LogP contribution in [0.1, 0.15) is 102 Å². The summed E-state index contributed by atoms with van der Waals surface area (Å²) in [4.78, 5) is 45.2. The highest BCUT2D eigenvalue weighted by molar-refractivity contribution is 6.32. The zero-order valence-corrected chi connectivity index (χ0v) is 38.9. The van der Waals surface area contributed by atoms with Crippen molar-refractivity contribution in [3.63, 3.8) is 0 Å². The van der Waals surface area contributed by atoms with E-state index in [0.29, 0.717) is 36.3 Å². The van der Waals surface area contributed by atoms with Crippen molar-refractivity contribution in [2.24, 2.45) is 40.9 Å². The number of aromatic hydroxyl groups is 1. The van der Waals surface area contributed by atoms with E-state index in [0.717, 1.165) is 24.0 Å². The van der Waals surface area contributed by atoms with Gasteiger partial charge < -0.3 is 44.9 Å². The van der Waals surface area contributed by atoms with E-state index >= 15 is 4.79 Å². The zero-order valence-electron chi connectivity index (χ0n) is 38.1. The maximum absolute atomic E-state index is 15.2. The van der Waals surface area contributed by atoms with Crippen LogP contribution < -0.4 is 5.32 Å². The summed E-state index contributed by atoms with van der Waals surface area (Å²) < 4.78 is 19.9. The molecule has 1 aromatic carbocycles. The fraction of sp³-hybridized carbons (Fsp3) is 0.620. The minimum atomic E-state index is -1.59. The van der Waals surface area contributed by atoms with Crippen LogP contribution in [0.4, 0.5) is 0 Å². The minimum absolute atomic E-state index is 0.0325. The molecule has 1 aromatic rings. The summed E-state index contributed by atoms with van der Waals surface area (Å²) in [5.41, 5.74) is -0.832. The van der Waals surface area contributed by atoms with E-state index in [4.69, 9.17) is 25.8 Å². The summed E-state index contributed by atoms with van der Waals surface area (Å²) in [5, 5.41) is 49.3. The molecule has 2 unspecified atom stereocenters. The van der Waals surface area contributed by atoms with E-state index in [-0.39, 0.29) is 46.9 Å². The molecule has 15 atom stereocenters. The molecule has 7 rings (SSSR count). The van der Waals surface area contributed by atoms with Gasteiger partial charge in [0.1, 0.15) is 17.1 Å². The van der Waals surface area contributed by atoms with Gasteiger partial charge in [-0.3, -0.25) is 9.59 Å². The third kappa shape index (κ3) is 8.26. The van der Waals surface area contributed by atoms with Gasteiger partial charge >= 0.3 is 5.97 Å². The Kier molecular flexibility index (Phi) is 13.7. The van der Waals surface area contributed by atoms with Crippen molar-refractivity contribution in [2.45, 2.75) is 142 Å². The van der Waals surface area contributed by atoms with E-state index in [1.54, 1.807) is 13.0 Å². The topological polar surface area (TPSA) is 175 Å². The maximum Gasteiger partial charge on any atom is 0.346 e. The van der Waals surface area contributed by atoms with Gasteiger partial charge in [0.2, 0.25) is 5.78 Å². The monoisotopic (exact) mass is 890 g/mol. The number of fused-ring (bicyclic) bond motifs is 4. The molecule has 1 amide bonds. The standard InChI is InChI=1S/C50H67ClN2O10/c1-10-13-29-16-17-31-20-25(3)38(62-39-23-35(53(8)9)43(28(6)61-39)52-47(59)40-27(5)34(51)18-19-36(40)54)15-12-14-33-30(11-2)22-32-42(26(4)21-37(55)44(32)56)49(33,7)45(57)41-46(58)50(31,24-29)63-48(41)60/h12,14,16-20,22,26,28-29,31-33,35,37-39,42-44,54-57H,10-11,13,15,21,23-24H2,1-9H3,(H,52,59)/b14-12+,25-20+,45-41+/t26-,28+,29?,31-,32-,33+,35+,37-,38+,39-,42+,43-,44+,49+,50?/m0/s1. The molecule has 2 aliphatic heterocycles. The number of phenols is 1. The first-order valence-electron chi connectivity index (χ1n) is 22.9. The number of rotatable bonds is 8. The number of amides is 1. The summed E-state index contributed by atoms with van der Waals surface area (Å²) in [6.45, 7) is 13.5. The number of aliphatic hydroxyl groups excluding tert-OH is 3. The molecule has 13 heteroatoms. The third-order valence-corrected chi connectivity index (χ3v) is 15.8. The number of nitrogens with zero attached hydrogens (tertiary/aromatic N) is 1. The van der Waals surface area contributed by atoms with Gasteiger partial charge in [-0.05, 0) is 102 Å². The number of benzene rings is 1. The first-order valence-corrected chi connectivity index (χ1v) is 23.2. The molecule has 0 aromatic heterocycles. The second-order valence-electron chi connectivity index (χ2n) is 19.5. The number of phenolic OH excluding ortho intramolecular Hbond substituents is 1. The predicted molar refractivity (Wildman–Crippen MR) is 240 cm³/mol. The summed E-state index contributed by atoms with van der Waals surface area (Å²) in [7, 11) is 3.87. The number of carbonyl (C=O) groups is 3. The van der Waals surface area contributed by atoms with Crippen LogP contribution in [0.3, 0.4) is 0 Å². The van der Waals surface area contributed by atoms with Gasteiger partial charge in [0.15, 0.2) is 11.9 Å². The highest BCUT2D eigenvalue weighted by Gasteiger charge is 2.63. The molecule has 1 spiro atoms. The van der Waals surface area contributed by atoms with Crippen molar-refractivity contribution in [1.29, 1.82) is 0 Å². The van der Waals surface area contributed by atoms with Crippen LogP contribution in [0.2, 0.25) is 5.02 Å². The van der Waals surface area contributed by atoms with Crippen molar-refractivity contribution in [2.75, 3.05) is 14.1 Å². The Hall–Kier alpha value is -3.78. The number of hydrogen-bond acceptors (Lipinski definition) is 11. The molecular weight excluding hydrogens is 824 g/mol. The van der Waals surface area contributed by atoms with Gasteiger partial charge in [0.25, 0.3) is 5.91 Å². The summed E-state index contributed by atoms with van der Waals surface area (Å²) in [6.07, 6.45) is 11.9. The molecule has 63 heavy (non-hydrogen) atoms. The Morgan fingerprint density at radius 2 is 1.78 bits per heavy atom. The van der Waals surface area contributed by atoms with Gasteiger partial charge in [-0.25, -0.2) is 4.79 Å². The lowest BCUT2D eigenvalue weighted by molar-refractivity contribution is -0.222. The molecule has 6 aliphatic rings. The first kappa shape index (κ1) is 47.2. The molecule has 5 N–H and O–H groups in total. The molecular formula is C50H67ClN2O10. The second-order valence-corrected chi connectivity index (χ2v) is 19.9. The minimum Gasteiger partial charge on any atom is -0.511 e. The highest BCUT2D eigenvalue weighted by atomic mass is 35.5. The number of ketones is 1. The van der Waals surface area contributed by atoms with Crippen molar-refractivity contribution in [3.05, 3.63) is 87.2 Å². The van der Waals surface area contributed by atoms with E-state index in [1.165, 1.54) is 6.07 Å². The molecule has 344 valence electrons. The van der Waals surface area contributed by atoms with E-state index < -0.39 is 89.1 Å². The number of esters is 1. The lowest BCUT2D eigenvalue weighted by atomic mass is 9.49. The van der Waals surface area contributed by atoms with Crippen LogP contribution in [0.15, 0.2) is 71.1 Å². The number of carbonyl (C=O) groups excluding carboxylic acids is 3. The molecule has 2 bridgehead atoms. The smallest absolute Gasteiger partial charge is 0.346 e. The molecule has 2 saturated heterocycles. The summed E-state index contributed by atoms with van der Waals surface area (Å²) >= 11 is 6.34. The lowest BCUT2D eigenvalue weighted by Crippen LogP contribution is -2.60. The Bertz CT molecular complexity index is 2130. The van der Waals surface area contributed by atoms with Crippen molar-refractivity contribution in [3.8, 4) is 5.75 Å². The van der Waals surface area contributed by atoms with Gasteiger partial charge in [0, 0.05) is 47.1 Å². The molecule has 2 heterocycles. The number of ether oxygens (including phenoxy) is 3. The molecule has 4 aliphatic carbocycles. The number of aliphatic hydroxyl groups is 3. The number of hydrogen-bond donors (Lipinski definition) is 5. The zero-order chi connectivity index (χ0) is 45.9. The summed E-state index contributed by atoms with van der Waals surface area (Å²) in [5.74, 6) is -4.65. The Morgan fingerprint density at radius 3 is 2.46 bits per heavy atom. The van der Waals surface area contributed by atoms with E-state index in [2.05, 4.69) is 18.3 Å². The van der Waals surface area contributed by atoms with Gasteiger partial charge in [-0.1, -0.05) is 87.7 Å². The Labute approximate surface area is 377 Å². The van der Waals surface area contributed by atoms with Crippen molar-refractivity contribution < 1.29 is 49.0 Å². The van der Waals surface area contributed by atoms with Gasteiger partial charge in [0.05, 0.1) is 36.0 Å².